The Labute approximate surface area is 137 Å². The van der Waals surface area contributed by atoms with E-state index in [4.69, 9.17) is 5.11 Å². The predicted octanol–water partition coefficient (Wildman–Crippen LogP) is 2.34. The summed E-state index contributed by atoms with van der Waals surface area (Å²) >= 11 is 0. The van der Waals surface area contributed by atoms with E-state index in [1.807, 2.05) is 24.7 Å². The first-order chi connectivity index (χ1) is 11.3. The smallest absolute Gasteiger partial charge is 0.383 e. The highest BCUT2D eigenvalue weighted by molar-refractivity contribution is 5.94. The lowest BCUT2D eigenvalue weighted by Crippen LogP contribution is -2.40. The number of alkyl halides is 3. The fraction of sp³-hybridized carbons (Fsp3) is 0.375. The van der Waals surface area contributed by atoms with Gasteiger partial charge in [0.15, 0.2) is 0 Å². The number of benzene rings is 1. The van der Waals surface area contributed by atoms with Gasteiger partial charge < -0.3 is 15.7 Å². The van der Waals surface area contributed by atoms with E-state index in [0.29, 0.717) is 6.54 Å². The number of nitrogens with one attached hydrogen (secondary N) is 2. The van der Waals surface area contributed by atoms with E-state index in [1.165, 1.54) is 12.1 Å². The van der Waals surface area contributed by atoms with Crippen LogP contribution in [0.3, 0.4) is 0 Å². The van der Waals surface area contributed by atoms with Crippen LogP contribution in [-0.4, -0.2) is 42.1 Å². The van der Waals surface area contributed by atoms with Crippen LogP contribution in [0.4, 0.5) is 18.9 Å². The molecule has 0 aliphatic carbocycles. The van der Waals surface area contributed by atoms with Crippen LogP contribution >= 0.6 is 0 Å². The molecule has 0 bridgehead atoms. The van der Waals surface area contributed by atoms with Gasteiger partial charge in [-0.2, -0.15) is 13.2 Å². The van der Waals surface area contributed by atoms with Gasteiger partial charge in [0.2, 0.25) is 6.10 Å². The summed E-state index contributed by atoms with van der Waals surface area (Å²) in [6.45, 7) is 2.66. The standard InChI is InChI=1S/C16H18F3N3O2/c1-2-20-9-13-7-11(8-21-13)10-3-5-12(6-4-10)22-15(24)14(23)16(17,18)19/h3-6,8-9,13-14,21,23H,2,7H2,1H3,(H,22,24)/b20-9-/t13-,14?/m0/s1. The molecule has 1 amide bonds. The Kier molecular flexibility index (Phi) is 5.61. The number of anilines is 1. The number of aliphatic hydroxyl groups excluding tert-OH is 1. The van der Waals surface area contributed by atoms with E-state index in [0.717, 1.165) is 17.6 Å². The fourth-order valence-electron chi connectivity index (χ4n) is 2.22. The molecule has 5 nitrogen and oxygen atoms in total. The quantitative estimate of drug-likeness (QED) is 0.720. The Balaban J connectivity index is 1.97. The summed E-state index contributed by atoms with van der Waals surface area (Å²) in [5, 5.41) is 14.1. The third-order valence-electron chi connectivity index (χ3n) is 3.46. The van der Waals surface area contributed by atoms with E-state index in [2.05, 4.69) is 10.3 Å². The summed E-state index contributed by atoms with van der Waals surface area (Å²) in [7, 11) is 0. The summed E-state index contributed by atoms with van der Waals surface area (Å²) in [4.78, 5) is 15.5. The van der Waals surface area contributed by atoms with Crippen LogP contribution in [0.1, 0.15) is 18.9 Å². The maximum atomic E-state index is 12.3. The molecule has 2 rings (SSSR count). The van der Waals surface area contributed by atoms with Crippen LogP contribution in [0.5, 0.6) is 0 Å². The molecule has 1 heterocycles. The fourth-order valence-corrected chi connectivity index (χ4v) is 2.22. The first-order valence-electron chi connectivity index (χ1n) is 7.42. The summed E-state index contributed by atoms with van der Waals surface area (Å²) in [6, 6.07) is 6.50. The van der Waals surface area contributed by atoms with Crippen molar-refractivity contribution in [1.82, 2.24) is 5.32 Å². The average molecular weight is 341 g/mol. The zero-order valence-electron chi connectivity index (χ0n) is 13.0. The lowest BCUT2D eigenvalue weighted by Gasteiger charge is -2.14. The Morgan fingerprint density at radius 3 is 2.71 bits per heavy atom. The predicted molar refractivity (Wildman–Crippen MR) is 85.7 cm³/mol. The topological polar surface area (TPSA) is 73.7 Å². The van der Waals surface area contributed by atoms with Crippen molar-refractivity contribution >= 4 is 23.4 Å². The molecule has 130 valence electrons. The third-order valence-corrected chi connectivity index (χ3v) is 3.46. The minimum Gasteiger partial charge on any atom is -0.383 e. The number of aliphatic hydroxyl groups is 1. The van der Waals surface area contributed by atoms with Crippen molar-refractivity contribution in [3.05, 3.63) is 36.0 Å². The molecule has 1 aromatic carbocycles. The van der Waals surface area contributed by atoms with Gasteiger partial charge in [-0.25, -0.2) is 0 Å². The summed E-state index contributed by atoms with van der Waals surface area (Å²) in [5.74, 6) is -1.51. The Morgan fingerprint density at radius 2 is 2.12 bits per heavy atom. The molecule has 1 aromatic rings. The van der Waals surface area contributed by atoms with Crippen molar-refractivity contribution < 1.29 is 23.1 Å². The first-order valence-corrected chi connectivity index (χ1v) is 7.42. The second-order valence-corrected chi connectivity index (χ2v) is 5.31. The number of hydrogen-bond acceptors (Lipinski definition) is 4. The molecule has 2 atom stereocenters. The normalized spacial score (nSPS) is 19.0. The molecule has 0 saturated heterocycles. The molecule has 1 aliphatic rings. The molecular formula is C16H18F3N3O2. The molecule has 1 unspecified atom stereocenters. The first kappa shape index (κ1) is 18.0. The van der Waals surface area contributed by atoms with Gasteiger partial charge in [-0.05, 0) is 36.6 Å². The molecule has 0 fully saturated rings. The molecule has 8 heteroatoms. The van der Waals surface area contributed by atoms with E-state index in [9.17, 15) is 18.0 Å². The van der Waals surface area contributed by atoms with Crippen LogP contribution in [0.15, 0.2) is 35.5 Å². The molecule has 1 aliphatic heterocycles. The molecule has 0 saturated carbocycles. The maximum Gasteiger partial charge on any atom is 0.423 e. The second-order valence-electron chi connectivity index (χ2n) is 5.31. The van der Waals surface area contributed by atoms with Gasteiger partial charge >= 0.3 is 6.18 Å². The highest BCUT2D eigenvalue weighted by Crippen LogP contribution is 2.25. The van der Waals surface area contributed by atoms with Gasteiger partial charge in [-0.15, -0.1) is 0 Å². The molecule has 0 radical (unpaired) electrons. The zero-order valence-corrected chi connectivity index (χ0v) is 13.0. The zero-order chi connectivity index (χ0) is 17.7. The lowest BCUT2D eigenvalue weighted by molar-refractivity contribution is -0.202. The molecular weight excluding hydrogens is 323 g/mol. The van der Waals surface area contributed by atoms with Crippen LogP contribution in [0.25, 0.3) is 5.57 Å². The van der Waals surface area contributed by atoms with Crippen LogP contribution in [0, 0.1) is 0 Å². The van der Waals surface area contributed by atoms with Crippen molar-refractivity contribution in [3.8, 4) is 0 Å². The Bertz CT molecular complexity index is 639. The van der Waals surface area contributed by atoms with E-state index in [1.54, 1.807) is 12.1 Å². The van der Waals surface area contributed by atoms with Crippen molar-refractivity contribution in [2.75, 3.05) is 11.9 Å². The van der Waals surface area contributed by atoms with Gasteiger partial charge in [0.1, 0.15) is 0 Å². The van der Waals surface area contributed by atoms with Gasteiger partial charge in [0.05, 0.1) is 6.04 Å². The van der Waals surface area contributed by atoms with Crippen molar-refractivity contribution in [2.24, 2.45) is 4.99 Å². The number of nitrogens with zero attached hydrogens (tertiary/aromatic N) is 1. The van der Waals surface area contributed by atoms with Gasteiger partial charge in [-0.1, -0.05) is 12.1 Å². The van der Waals surface area contributed by atoms with E-state index in [-0.39, 0.29) is 11.7 Å². The van der Waals surface area contributed by atoms with Gasteiger partial charge in [0.25, 0.3) is 5.91 Å². The molecule has 0 spiro atoms. The largest absolute Gasteiger partial charge is 0.423 e. The average Bonchev–Trinajstić information content (AvgIpc) is 3.00. The number of carbonyl (C=O) groups is 1. The maximum absolute atomic E-state index is 12.3. The van der Waals surface area contributed by atoms with Crippen LogP contribution in [0.2, 0.25) is 0 Å². The molecule has 24 heavy (non-hydrogen) atoms. The number of aliphatic imine (C=N–C) groups is 1. The lowest BCUT2D eigenvalue weighted by atomic mass is 10.0. The minimum atomic E-state index is -4.99. The monoisotopic (exact) mass is 341 g/mol. The third kappa shape index (κ3) is 4.58. The van der Waals surface area contributed by atoms with Gasteiger partial charge in [0, 0.05) is 24.6 Å². The minimum absolute atomic E-state index is 0.126. The Hall–Kier alpha value is -2.35. The Morgan fingerprint density at radius 1 is 1.46 bits per heavy atom. The summed E-state index contributed by atoms with van der Waals surface area (Å²) in [5.41, 5.74) is 2.11. The molecule has 3 N–H and O–H groups in total. The summed E-state index contributed by atoms with van der Waals surface area (Å²) < 4.78 is 36.8. The van der Waals surface area contributed by atoms with Gasteiger partial charge in [-0.3, -0.25) is 9.79 Å². The SMILES string of the molecule is CC/N=C\[C@@H]1CC(c2ccc(NC(=O)C(O)C(F)(F)F)cc2)=CN1. The van der Waals surface area contributed by atoms with E-state index >= 15 is 0 Å². The van der Waals surface area contributed by atoms with Crippen LogP contribution < -0.4 is 10.6 Å². The number of halogens is 3. The van der Waals surface area contributed by atoms with Crippen LogP contribution in [-0.2, 0) is 4.79 Å². The number of amides is 1. The second kappa shape index (κ2) is 7.48. The highest BCUT2D eigenvalue weighted by atomic mass is 19.4. The van der Waals surface area contributed by atoms with Crippen molar-refractivity contribution in [2.45, 2.75) is 31.7 Å². The number of rotatable bonds is 5. The van der Waals surface area contributed by atoms with Crippen molar-refractivity contribution in [3.63, 3.8) is 0 Å². The molecule has 0 aromatic heterocycles. The van der Waals surface area contributed by atoms with Crippen molar-refractivity contribution in [1.29, 1.82) is 0 Å². The number of hydrogen-bond donors (Lipinski definition) is 3. The van der Waals surface area contributed by atoms with E-state index < -0.39 is 18.2 Å². The summed E-state index contributed by atoms with van der Waals surface area (Å²) in [6.07, 6.45) is -3.57. The highest BCUT2D eigenvalue weighted by Gasteiger charge is 2.43. The number of carbonyl (C=O) groups excluding carboxylic acids is 1.